The van der Waals surface area contributed by atoms with E-state index in [4.69, 9.17) is 19.1 Å². The molecule has 3 atom stereocenters. The minimum absolute atomic E-state index is 0.188. The van der Waals surface area contributed by atoms with Crippen LogP contribution in [0.3, 0.4) is 0 Å². The standard InChI is InChI=1S/C26H51O10P/c1-3-5-7-8-9-10-11-12-13-14-16-18-26(30)36-24(21-33-25(29)17-15-6-4-2)22-35-37(31,32)34-20-23(28)19-27/h23-24,27-28H,3-22H2,1-2H3,(H,31,32). The number of carbonyl (C=O) groups is 2. The number of carbonyl (C=O) groups excluding carboxylic acids is 2. The summed E-state index contributed by atoms with van der Waals surface area (Å²) in [5.41, 5.74) is 0. The van der Waals surface area contributed by atoms with Gasteiger partial charge >= 0.3 is 19.8 Å². The van der Waals surface area contributed by atoms with Gasteiger partial charge in [-0.2, -0.15) is 0 Å². The number of aliphatic hydroxyl groups excluding tert-OH is 2. The van der Waals surface area contributed by atoms with Crippen molar-refractivity contribution in [3.63, 3.8) is 0 Å². The molecule has 0 aromatic heterocycles. The van der Waals surface area contributed by atoms with Crippen LogP contribution in [0.1, 0.15) is 117 Å². The second-order valence-electron chi connectivity index (χ2n) is 9.43. The molecule has 3 unspecified atom stereocenters. The molecule has 0 aromatic carbocycles. The van der Waals surface area contributed by atoms with E-state index in [9.17, 15) is 24.2 Å². The SMILES string of the molecule is CCCCCCCCCCCCCC(=O)OC(COC(=O)CCCCC)COP(=O)(O)OCC(O)CO. The number of unbranched alkanes of at least 4 members (excludes halogenated alkanes) is 12. The smallest absolute Gasteiger partial charge is 0.462 e. The molecule has 0 aromatic rings. The molecule has 0 saturated carbocycles. The van der Waals surface area contributed by atoms with Crippen LogP contribution < -0.4 is 0 Å². The van der Waals surface area contributed by atoms with Crippen LogP contribution in [0.25, 0.3) is 0 Å². The number of hydrogen-bond donors (Lipinski definition) is 3. The average molecular weight is 555 g/mol. The lowest BCUT2D eigenvalue weighted by molar-refractivity contribution is -0.161. The minimum atomic E-state index is -4.58. The topological polar surface area (TPSA) is 149 Å². The Kier molecular flexibility index (Phi) is 23.4. The molecule has 10 nitrogen and oxygen atoms in total. The Morgan fingerprint density at radius 3 is 1.73 bits per heavy atom. The van der Waals surface area contributed by atoms with Crippen molar-refractivity contribution >= 4 is 19.8 Å². The van der Waals surface area contributed by atoms with Crippen molar-refractivity contribution in [2.24, 2.45) is 0 Å². The zero-order chi connectivity index (χ0) is 27.8. The second kappa shape index (κ2) is 24.0. The molecule has 0 heterocycles. The maximum atomic E-state index is 12.3. The first-order chi connectivity index (χ1) is 17.7. The van der Waals surface area contributed by atoms with E-state index < -0.39 is 51.8 Å². The lowest BCUT2D eigenvalue weighted by Gasteiger charge is -2.20. The van der Waals surface area contributed by atoms with E-state index in [1.54, 1.807) is 0 Å². The highest BCUT2D eigenvalue weighted by atomic mass is 31.2. The van der Waals surface area contributed by atoms with Crippen molar-refractivity contribution in [2.75, 3.05) is 26.4 Å². The molecule has 0 fully saturated rings. The maximum absolute atomic E-state index is 12.3. The van der Waals surface area contributed by atoms with Crippen molar-refractivity contribution in [2.45, 2.75) is 129 Å². The number of ether oxygens (including phenoxy) is 2. The molecule has 0 amide bonds. The van der Waals surface area contributed by atoms with Crippen LogP contribution in [-0.2, 0) is 32.7 Å². The summed E-state index contributed by atoms with van der Waals surface area (Å²) in [6.07, 6.45) is 13.2. The molecule has 0 spiro atoms. The Morgan fingerprint density at radius 1 is 0.703 bits per heavy atom. The third-order valence-electron chi connectivity index (χ3n) is 5.76. The fourth-order valence-corrected chi connectivity index (χ4v) is 4.31. The van der Waals surface area contributed by atoms with Crippen LogP contribution in [0, 0.1) is 0 Å². The van der Waals surface area contributed by atoms with E-state index in [1.165, 1.54) is 44.9 Å². The first-order valence-corrected chi connectivity index (χ1v) is 15.5. The lowest BCUT2D eigenvalue weighted by Crippen LogP contribution is -2.29. The molecular weight excluding hydrogens is 503 g/mol. The van der Waals surface area contributed by atoms with E-state index in [1.807, 2.05) is 6.92 Å². The number of phosphoric ester groups is 1. The fourth-order valence-electron chi connectivity index (χ4n) is 3.52. The average Bonchev–Trinajstić information content (AvgIpc) is 2.87. The van der Waals surface area contributed by atoms with Crippen LogP contribution in [-0.4, -0.2) is 65.7 Å². The zero-order valence-corrected chi connectivity index (χ0v) is 23.8. The van der Waals surface area contributed by atoms with Crippen molar-refractivity contribution in [1.82, 2.24) is 0 Å². The maximum Gasteiger partial charge on any atom is 0.472 e. The highest BCUT2D eigenvalue weighted by molar-refractivity contribution is 7.47. The molecular formula is C26H51O10P. The highest BCUT2D eigenvalue weighted by Gasteiger charge is 2.27. The first-order valence-electron chi connectivity index (χ1n) is 14.0. The van der Waals surface area contributed by atoms with Gasteiger partial charge < -0.3 is 24.6 Å². The van der Waals surface area contributed by atoms with E-state index in [2.05, 4.69) is 11.4 Å². The lowest BCUT2D eigenvalue weighted by atomic mass is 10.1. The van der Waals surface area contributed by atoms with Gasteiger partial charge in [-0.05, 0) is 12.8 Å². The summed E-state index contributed by atoms with van der Waals surface area (Å²) < 4.78 is 32.0. The van der Waals surface area contributed by atoms with Gasteiger partial charge in [0.1, 0.15) is 12.7 Å². The van der Waals surface area contributed by atoms with Gasteiger partial charge in [-0.3, -0.25) is 18.6 Å². The van der Waals surface area contributed by atoms with Gasteiger partial charge in [0.2, 0.25) is 0 Å². The summed E-state index contributed by atoms with van der Waals surface area (Å²) in [4.78, 5) is 34.0. The third kappa shape index (κ3) is 23.8. The molecule has 220 valence electrons. The summed E-state index contributed by atoms with van der Waals surface area (Å²) in [5.74, 6) is -0.953. The van der Waals surface area contributed by atoms with E-state index >= 15 is 0 Å². The zero-order valence-electron chi connectivity index (χ0n) is 22.9. The third-order valence-corrected chi connectivity index (χ3v) is 6.71. The summed E-state index contributed by atoms with van der Waals surface area (Å²) in [7, 11) is -4.58. The van der Waals surface area contributed by atoms with Crippen LogP contribution in [0.5, 0.6) is 0 Å². The van der Waals surface area contributed by atoms with E-state index in [-0.39, 0.29) is 19.4 Å². The normalized spacial score (nSPS) is 14.6. The van der Waals surface area contributed by atoms with Crippen LogP contribution >= 0.6 is 7.82 Å². The van der Waals surface area contributed by atoms with Gasteiger partial charge in [0.25, 0.3) is 0 Å². The Balaban J connectivity index is 4.39. The summed E-state index contributed by atoms with van der Waals surface area (Å²) in [5, 5.41) is 18.0. The van der Waals surface area contributed by atoms with Gasteiger partial charge in [-0.25, -0.2) is 4.57 Å². The van der Waals surface area contributed by atoms with Crippen molar-refractivity contribution in [3.05, 3.63) is 0 Å². The molecule has 0 aliphatic heterocycles. The quantitative estimate of drug-likeness (QED) is 0.0739. The van der Waals surface area contributed by atoms with E-state index in [0.29, 0.717) is 12.8 Å². The predicted octanol–water partition coefficient (Wildman–Crippen LogP) is 5.21. The van der Waals surface area contributed by atoms with Crippen LogP contribution in [0.15, 0.2) is 0 Å². The van der Waals surface area contributed by atoms with Crippen molar-refractivity contribution < 1.29 is 47.8 Å². The Hall–Kier alpha value is -1.03. The Bertz CT molecular complexity index is 616. The van der Waals surface area contributed by atoms with Gasteiger partial charge in [0.05, 0.1) is 19.8 Å². The molecule has 0 rings (SSSR count). The van der Waals surface area contributed by atoms with Crippen LogP contribution in [0.4, 0.5) is 0 Å². The second-order valence-corrected chi connectivity index (χ2v) is 10.9. The molecule has 0 bridgehead atoms. The van der Waals surface area contributed by atoms with E-state index in [0.717, 1.165) is 32.1 Å². The van der Waals surface area contributed by atoms with Crippen molar-refractivity contribution in [3.8, 4) is 0 Å². The van der Waals surface area contributed by atoms with Crippen molar-refractivity contribution in [1.29, 1.82) is 0 Å². The summed E-state index contributed by atoms with van der Waals surface area (Å²) in [6, 6.07) is 0. The van der Waals surface area contributed by atoms with Gasteiger partial charge in [0, 0.05) is 12.8 Å². The Morgan fingerprint density at radius 2 is 1.16 bits per heavy atom. The van der Waals surface area contributed by atoms with Gasteiger partial charge in [-0.15, -0.1) is 0 Å². The summed E-state index contributed by atoms with van der Waals surface area (Å²) >= 11 is 0. The number of aliphatic hydroxyl groups is 2. The predicted molar refractivity (Wildman–Crippen MR) is 141 cm³/mol. The molecule has 11 heteroatoms. The van der Waals surface area contributed by atoms with Gasteiger partial charge in [-0.1, -0.05) is 90.9 Å². The molecule has 0 aliphatic carbocycles. The molecule has 37 heavy (non-hydrogen) atoms. The minimum Gasteiger partial charge on any atom is -0.462 e. The molecule has 0 aliphatic rings. The molecule has 0 radical (unpaired) electrons. The van der Waals surface area contributed by atoms with Gasteiger partial charge in [0.15, 0.2) is 6.10 Å². The summed E-state index contributed by atoms with van der Waals surface area (Å²) in [6.45, 7) is 2.13. The number of esters is 2. The largest absolute Gasteiger partial charge is 0.472 e. The molecule has 3 N–H and O–H groups in total. The highest BCUT2D eigenvalue weighted by Crippen LogP contribution is 2.43. The number of phosphoric acid groups is 1. The number of rotatable bonds is 26. The monoisotopic (exact) mass is 554 g/mol. The molecule has 0 saturated heterocycles. The van der Waals surface area contributed by atoms with Crippen LogP contribution in [0.2, 0.25) is 0 Å². The number of hydrogen-bond acceptors (Lipinski definition) is 9. The first kappa shape index (κ1) is 36.0. The Labute approximate surface area is 223 Å². The fraction of sp³-hybridized carbons (Fsp3) is 0.923.